The molecule has 4 saturated carbocycles. The number of Topliss-reactive ketones (excluding diaryl/α,β-unsaturated/α-hetero) is 1. The van der Waals surface area contributed by atoms with E-state index in [4.69, 9.17) is 10.5 Å². The number of ketones is 1. The van der Waals surface area contributed by atoms with Crippen LogP contribution in [0.1, 0.15) is 72.1 Å². The lowest BCUT2D eigenvalue weighted by Crippen LogP contribution is -2.63. The first kappa shape index (κ1) is 21.0. The van der Waals surface area contributed by atoms with Gasteiger partial charge in [0.25, 0.3) is 0 Å². The molecule has 5 heteroatoms. The molecule has 0 heterocycles. The molecule has 0 aliphatic heterocycles. The van der Waals surface area contributed by atoms with Crippen LogP contribution in [0.25, 0.3) is 0 Å². The molecule has 0 aromatic rings. The molecule has 0 bridgehead atoms. The summed E-state index contributed by atoms with van der Waals surface area (Å²) in [5.74, 6) is 0.863. The highest BCUT2D eigenvalue weighted by molar-refractivity contribution is 5.87. The molecule has 0 aromatic carbocycles. The van der Waals surface area contributed by atoms with E-state index in [0.717, 1.165) is 37.7 Å². The van der Waals surface area contributed by atoms with Gasteiger partial charge in [0.05, 0.1) is 11.5 Å². The summed E-state index contributed by atoms with van der Waals surface area (Å²) in [5.41, 5.74) is 5.36. The molecule has 4 fully saturated rings. The molecule has 4 aliphatic rings. The number of carbonyl (C=O) groups is 2. The van der Waals surface area contributed by atoms with E-state index in [9.17, 15) is 14.7 Å². The molecular weight excluding hydrogens is 366 g/mol. The summed E-state index contributed by atoms with van der Waals surface area (Å²) >= 11 is 0. The third-order valence-electron chi connectivity index (χ3n) is 9.44. The lowest BCUT2D eigenvalue weighted by molar-refractivity contribution is -0.208. The summed E-state index contributed by atoms with van der Waals surface area (Å²) in [6, 6.07) is 0. The quantitative estimate of drug-likeness (QED) is 0.557. The van der Waals surface area contributed by atoms with Gasteiger partial charge >= 0.3 is 5.97 Å². The number of fused-ring (bicyclic) bond motifs is 5. The normalized spacial score (nSPS) is 47.8. The van der Waals surface area contributed by atoms with Crippen molar-refractivity contribution in [3.8, 4) is 0 Å². The van der Waals surface area contributed by atoms with E-state index < -0.39 is 5.60 Å². The van der Waals surface area contributed by atoms with Crippen LogP contribution in [-0.2, 0) is 14.3 Å². The van der Waals surface area contributed by atoms with E-state index in [2.05, 4.69) is 20.4 Å². The van der Waals surface area contributed by atoms with Crippen molar-refractivity contribution in [1.29, 1.82) is 0 Å². The molecule has 0 saturated heterocycles. The van der Waals surface area contributed by atoms with Gasteiger partial charge in [0.2, 0.25) is 0 Å². The van der Waals surface area contributed by atoms with E-state index in [-0.39, 0.29) is 35.4 Å². The Morgan fingerprint density at radius 2 is 2.00 bits per heavy atom. The first-order valence-corrected chi connectivity index (χ1v) is 11.4. The molecule has 5 nitrogen and oxygen atoms in total. The average Bonchev–Trinajstić information content (AvgIpc) is 2.97. The second kappa shape index (κ2) is 6.91. The summed E-state index contributed by atoms with van der Waals surface area (Å²) in [6.07, 6.45) is 5.90. The largest absolute Gasteiger partial charge is 0.462 e. The predicted molar refractivity (Wildman–Crippen MR) is 111 cm³/mol. The lowest BCUT2D eigenvalue weighted by Gasteiger charge is -2.64. The molecule has 0 spiro atoms. The number of hydrogen-bond acceptors (Lipinski definition) is 5. The maximum absolute atomic E-state index is 12.6. The van der Waals surface area contributed by atoms with Gasteiger partial charge in [-0.1, -0.05) is 32.9 Å². The van der Waals surface area contributed by atoms with Crippen molar-refractivity contribution in [2.75, 3.05) is 6.54 Å². The molecule has 162 valence electrons. The summed E-state index contributed by atoms with van der Waals surface area (Å²) < 4.78 is 5.72. The molecular formula is C24H37NO4. The molecule has 8 atom stereocenters. The Kier molecular flexibility index (Phi) is 5.02. The average molecular weight is 404 g/mol. The van der Waals surface area contributed by atoms with Crippen LogP contribution in [0.15, 0.2) is 12.2 Å². The van der Waals surface area contributed by atoms with Crippen LogP contribution >= 0.6 is 0 Å². The second-order valence-corrected chi connectivity index (χ2v) is 10.9. The number of rotatable bonds is 3. The zero-order valence-corrected chi connectivity index (χ0v) is 18.2. The first-order valence-electron chi connectivity index (χ1n) is 11.4. The summed E-state index contributed by atoms with van der Waals surface area (Å²) in [4.78, 5) is 24.9. The molecule has 0 radical (unpaired) electrons. The highest BCUT2D eigenvalue weighted by atomic mass is 16.5. The third-order valence-corrected chi connectivity index (χ3v) is 9.44. The highest BCUT2D eigenvalue weighted by Gasteiger charge is 2.65. The fraction of sp³-hybridized carbons (Fsp3) is 0.833. The minimum absolute atomic E-state index is 0.207. The minimum Gasteiger partial charge on any atom is -0.462 e. The standard InChI is InChI=1S/C24H37NO4/c1-14-11-24(28)12-16(29-21(27)15(2)13-25)7-10-23(24,4)18-8-9-22(3)17(20(14)18)5-6-19(22)26/h15-18,20,28H,1,5-13,25H2,2-4H3/t15?,16-,17-,18-,20-,22-,23+,24+/m0/s1. The van der Waals surface area contributed by atoms with Crippen molar-refractivity contribution in [3.05, 3.63) is 12.2 Å². The van der Waals surface area contributed by atoms with Gasteiger partial charge < -0.3 is 15.6 Å². The monoisotopic (exact) mass is 403 g/mol. The Morgan fingerprint density at radius 3 is 2.69 bits per heavy atom. The zero-order valence-electron chi connectivity index (χ0n) is 18.2. The maximum Gasteiger partial charge on any atom is 0.310 e. The molecule has 29 heavy (non-hydrogen) atoms. The Balaban J connectivity index is 1.58. The van der Waals surface area contributed by atoms with Gasteiger partial charge in [-0.15, -0.1) is 0 Å². The van der Waals surface area contributed by atoms with Crippen molar-refractivity contribution in [2.45, 2.75) is 83.8 Å². The van der Waals surface area contributed by atoms with Crippen LogP contribution in [0.3, 0.4) is 0 Å². The van der Waals surface area contributed by atoms with Crippen LogP contribution < -0.4 is 5.73 Å². The van der Waals surface area contributed by atoms with Crippen molar-refractivity contribution < 1.29 is 19.4 Å². The summed E-state index contributed by atoms with van der Waals surface area (Å²) in [7, 11) is 0. The molecule has 4 rings (SSSR count). The summed E-state index contributed by atoms with van der Waals surface area (Å²) in [5, 5.41) is 11.9. The molecule has 0 aromatic heterocycles. The van der Waals surface area contributed by atoms with Gasteiger partial charge in [-0.2, -0.15) is 0 Å². The van der Waals surface area contributed by atoms with E-state index in [1.165, 1.54) is 0 Å². The Hall–Kier alpha value is -1.20. The Bertz CT molecular complexity index is 734. The Morgan fingerprint density at radius 1 is 1.28 bits per heavy atom. The number of aliphatic hydroxyl groups is 1. The van der Waals surface area contributed by atoms with Crippen molar-refractivity contribution in [2.24, 2.45) is 40.2 Å². The molecule has 4 aliphatic carbocycles. The maximum atomic E-state index is 12.6. The van der Waals surface area contributed by atoms with Gasteiger partial charge in [-0.3, -0.25) is 9.59 Å². The van der Waals surface area contributed by atoms with E-state index in [1.807, 2.05) is 0 Å². The van der Waals surface area contributed by atoms with E-state index >= 15 is 0 Å². The number of hydrogen-bond donors (Lipinski definition) is 2. The first-order chi connectivity index (χ1) is 13.6. The number of ether oxygens (including phenoxy) is 1. The van der Waals surface area contributed by atoms with Gasteiger partial charge in [-0.05, 0) is 56.3 Å². The van der Waals surface area contributed by atoms with Crippen LogP contribution in [0.5, 0.6) is 0 Å². The minimum atomic E-state index is -0.906. The Labute approximate surface area is 174 Å². The van der Waals surface area contributed by atoms with Gasteiger partial charge in [0.15, 0.2) is 0 Å². The molecule has 3 N–H and O–H groups in total. The van der Waals surface area contributed by atoms with Crippen LogP contribution in [0.4, 0.5) is 0 Å². The van der Waals surface area contributed by atoms with Crippen molar-refractivity contribution in [1.82, 2.24) is 0 Å². The number of nitrogens with two attached hydrogens (primary N) is 1. The van der Waals surface area contributed by atoms with Crippen molar-refractivity contribution >= 4 is 11.8 Å². The number of esters is 1. The fourth-order valence-electron chi connectivity index (χ4n) is 7.38. The zero-order chi connectivity index (χ0) is 21.2. The van der Waals surface area contributed by atoms with Gasteiger partial charge in [-0.25, -0.2) is 0 Å². The van der Waals surface area contributed by atoms with E-state index in [1.54, 1.807) is 6.92 Å². The van der Waals surface area contributed by atoms with Crippen LogP contribution in [0.2, 0.25) is 0 Å². The molecule has 1 unspecified atom stereocenters. The van der Waals surface area contributed by atoms with Crippen LogP contribution in [0, 0.1) is 34.5 Å². The SMILES string of the molecule is C=C1C[C@@]2(O)C[C@@H](OC(=O)C(C)CN)CC[C@]2(C)[C@H]2CC[C@]3(C)C(=O)CC[C@H]3[C@H]12. The van der Waals surface area contributed by atoms with Gasteiger partial charge in [0.1, 0.15) is 11.9 Å². The van der Waals surface area contributed by atoms with Crippen molar-refractivity contribution in [3.63, 3.8) is 0 Å². The van der Waals surface area contributed by atoms with Crippen LogP contribution in [-0.4, -0.2) is 35.1 Å². The smallest absolute Gasteiger partial charge is 0.310 e. The second-order valence-electron chi connectivity index (χ2n) is 10.9. The van der Waals surface area contributed by atoms with Gasteiger partial charge in [0, 0.05) is 30.2 Å². The fourth-order valence-corrected chi connectivity index (χ4v) is 7.38. The molecule has 0 amide bonds. The lowest BCUT2D eigenvalue weighted by atomic mass is 9.42. The number of carbonyl (C=O) groups excluding carboxylic acids is 2. The highest BCUT2D eigenvalue weighted by Crippen LogP contribution is 2.67. The van der Waals surface area contributed by atoms with E-state index in [0.29, 0.717) is 42.8 Å². The third kappa shape index (κ3) is 2.95. The predicted octanol–water partition coefficient (Wildman–Crippen LogP) is 3.39. The topological polar surface area (TPSA) is 89.6 Å². The summed E-state index contributed by atoms with van der Waals surface area (Å²) in [6.45, 7) is 10.9.